The number of aromatic nitrogens is 1. The van der Waals surface area contributed by atoms with E-state index in [1.807, 2.05) is 6.92 Å². The van der Waals surface area contributed by atoms with Crippen molar-refractivity contribution in [2.45, 2.75) is 46.3 Å². The first-order valence-electron chi connectivity index (χ1n) is 5.56. The van der Waals surface area contributed by atoms with Gasteiger partial charge in [0, 0.05) is 18.0 Å². The average molecular weight is 228 g/mol. The van der Waals surface area contributed by atoms with E-state index in [2.05, 4.69) is 18.8 Å². The molecule has 1 unspecified atom stereocenters. The smallest absolute Gasteiger partial charge is 0.122 e. The standard InChI is InChI=1S/C11H20N2OS/c1-4-8-10(7-12)15-11(13-8)9(5-2)14-6-3/h9H,4-7,12H2,1-3H3. The minimum absolute atomic E-state index is 0.144. The summed E-state index contributed by atoms with van der Waals surface area (Å²) in [6, 6.07) is 0. The summed E-state index contributed by atoms with van der Waals surface area (Å²) in [7, 11) is 0. The topological polar surface area (TPSA) is 48.1 Å². The summed E-state index contributed by atoms with van der Waals surface area (Å²) in [5.41, 5.74) is 6.82. The monoisotopic (exact) mass is 228 g/mol. The fraction of sp³-hybridized carbons (Fsp3) is 0.727. The number of rotatable bonds is 6. The highest BCUT2D eigenvalue weighted by Gasteiger charge is 2.16. The van der Waals surface area contributed by atoms with Crippen molar-refractivity contribution < 1.29 is 4.74 Å². The van der Waals surface area contributed by atoms with E-state index in [4.69, 9.17) is 10.5 Å². The zero-order valence-corrected chi connectivity index (χ0v) is 10.6. The van der Waals surface area contributed by atoms with Crippen molar-refractivity contribution >= 4 is 11.3 Å². The Bertz CT molecular complexity index is 277. The van der Waals surface area contributed by atoms with Crippen LogP contribution < -0.4 is 5.73 Å². The molecule has 4 heteroatoms. The fourth-order valence-corrected chi connectivity index (χ4v) is 2.71. The Morgan fingerprint density at radius 1 is 1.40 bits per heavy atom. The Kier molecular flexibility index (Phi) is 5.22. The lowest BCUT2D eigenvalue weighted by molar-refractivity contribution is 0.0595. The van der Waals surface area contributed by atoms with E-state index in [1.165, 1.54) is 4.88 Å². The minimum Gasteiger partial charge on any atom is -0.371 e. The van der Waals surface area contributed by atoms with Gasteiger partial charge in [-0.25, -0.2) is 4.98 Å². The van der Waals surface area contributed by atoms with Crippen LogP contribution in [0.5, 0.6) is 0 Å². The third kappa shape index (κ3) is 3.00. The van der Waals surface area contributed by atoms with Crippen molar-refractivity contribution in [2.75, 3.05) is 6.61 Å². The van der Waals surface area contributed by atoms with Crippen molar-refractivity contribution in [3.05, 3.63) is 15.6 Å². The van der Waals surface area contributed by atoms with Gasteiger partial charge >= 0.3 is 0 Å². The molecule has 2 N–H and O–H groups in total. The number of hydrogen-bond acceptors (Lipinski definition) is 4. The second kappa shape index (κ2) is 6.20. The van der Waals surface area contributed by atoms with E-state index in [1.54, 1.807) is 11.3 Å². The van der Waals surface area contributed by atoms with Crippen LogP contribution in [0, 0.1) is 0 Å². The largest absolute Gasteiger partial charge is 0.371 e. The number of thiazole rings is 1. The van der Waals surface area contributed by atoms with Crippen LogP contribution in [0.15, 0.2) is 0 Å². The highest BCUT2D eigenvalue weighted by atomic mass is 32.1. The van der Waals surface area contributed by atoms with Crippen molar-refractivity contribution in [2.24, 2.45) is 5.73 Å². The molecule has 0 aliphatic carbocycles. The first-order valence-corrected chi connectivity index (χ1v) is 6.38. The van der Waals surface area contributed by atoms with Gasteiger partial charge in [0.05, 0.1) is 5.69 Å². The molecule has 15 heavy (non-hydrogen) atoms. The summed E-state index contributed by atoms with van der Waals surface area (Å²) in [6.07, 6.45) is 2.06. The van der Waals surface area contributed by atoms with Gasteiger partial charge in [-0.3, -0.25) is 0 Å². The van der Waals surface area contributed by atoms with Gasteiger partial charge in [-0.1, -0.05) is 13.8 Å². The molecule has 1 aromatic heterocycles. The molecule has 0 spiro atoms. The Morgan fingerprint density at radius 2 is 2.13 bits per heavy atom. The Balaban J connectivity index is 2.87. The second-order valence-corrected chi connectivity index (χ2v) is 4.45. The molecule has 0 amide bonds. The molecule has 0 aromatic carbocycles. The fourth-order valence-electron chi connectivity index (χ4n) is 1.54. The molecule has 0 saturated carbocycles. The lowest BCUT2D eigenvalue weighted by atomic mass is 10.2. The zero-order chi connectivity index (χ0) is 11.3. The highest BCUT2D eigenvalue weighted by molar-refractivity contribution is 7.11. The third-order valence-electron chi connectivity index (χ3n) is 2.33. The quantitative estimate of drug-likeness (QED) is 0.814. The molecule has 1 heterocycles. The normalized spacial score (nSPS) is 13.1. The molecule has 0 bridgehead atoms. The summed E-state index contributed by atoms with van der Waals surface area (Å²) in [4.78, 5) is 5.80. The van der Waals surface area contributed by atoms with Gasteiger partial charge < -0.3 is 10.5 Å². The van der Waals surface area contributed by atoms with Crippen molar-refractivity contribution in [3.63, 3.8) is 0 Å². The van der Waals surface area contributed by atoms with Crippen LogP contribution in [0.2, 0.25) is 0 Å². The minimum atomic E-state index is 0.144. The van der Waals surface area contributed by atoms with Crippen LogP contribution >= 0.6 is 11.3 Å². The molecule has 0 aliphatic heterocycles. The molecule has 1 aromatic rings. The van der Waals surface area contributed by atoms with E-state index in [0.717, 1.165) is 30.2 Å². The van der Waals surface area contributed by atoms with Crippen LogP contribution in [0.1, 0.15) is 48.9 Å². The number of nitrogens with zero attached hydrogens (tertiary/aromatic N) is 1. The molecule has 0 fully saturated rings. The van der Waals surface area contributed by atoms with Crippen molar-refractivity contribution in [3.8, 4) is 0 Å². The van der Waals surface area contributed by atoms with Gasteiger partial charge in [0.15, 0.2) is 0 Å². The van der Waals surface area contributed by atoms with Crippen LogP contribution in [-0.4, -0.2) is 11.6 Å². The maximum atomic E-state index is 5.68. The average Bonchev–Trinajstić information content (AvgIpc) is 2.68. The summed E-state index contributed by atoms with van der Waals surface area (Å²) < 4.78 is 5.64. The summed E-state index contributed by atoms with van der Waals surface area (Å²) in [6.45, 7) is 7.57. The van der Waals surface area contributed by atoms with Crippen molar-refractivity contribution in [1.29, 1.82) is 0 Å². The van der Waals surface area contributed by atoms with Gasteiger partial charge in [0.1, 0.15) is 11.1 Å². The van der Waals surface area contributed by atoms with E-state index >= 15 is 0 Å². The van der Waals surface area contributed by atoms with Gasteiger partial charge in [-0.15, -0.1) is 11.3 Å². The van der Waals surface area contributed by atoms with Crippen LogP contribution in [0.3, 0.4) is 0 Å². The zero-order valence-electron chi connectivity index (χ0n) is 9.75. The van der Waals surface area contributed by atoms with Crippen LogP contribution in [-0.2, 0) is 17.7 Å². The molecule has 0 saturated heterocycles. The number of nitrogens with two attached hydrogens (primary N) is 1. The Morgan fingerprint density at radius 3 is 2.53 bits per heavy atom. The molecular weight excluding hydrogens is 208 g/mol. The highest BCUT2D eigenvalue weighted by Crippen LogP contribution is 2.28. The van der Waals surface area contributed by atoms with Crippen LogP contribution in [0.4, 0.5) is 0 Å². The van der Waals surface area contributed by atoms with E-state index in [0.29, 0.717) is 6.54 Å². The number of hydrogen-bond donors (Lipinski definition) is 1. The maximum Gasteiger partial charge on any atom is 0.122 e. The predicted octanol–water partition coefficient (Wildman–Crippen LogP) is 2.65. The molecule has 0 aliphatic rings. The molecular formula is C11H20N2OS. The molecule has 1 atom stereocenters. The Labute approximate surface area is 95.7 Å². The first-order chi connectivity index (χ1) is 7.26. The van der Waals surface area contributed by atoms with Crippen LogP contribution in [0.25, 0.3) is 0 Å². The van der Waals surface area contributed by atoms with Crippen molar-refractivity contribution in [1.82, 2.24) is 4.98 Å². The van der Waals surface area contributed by atoms with E-state index in [9.17, 15) is 0 Å². The predicted molar refractivity (Wildman–Crippen MR) is 64.0 cm³/mol. The summed E-state index contributed by atoms with van der Waals surface area (Å²) >= 11 is 1.70. The van der Waals surface area contributed by atoms with Gasteiger partial charge in [-0.2, -0.15) is 0 Å². The summed E-state index contributed by atoms with van der Waals surface area (Å²) in [5.74, 6) is 0. The van der Waals surface area contributed by atoms with E-state index in [-0.39, 0.29) is 6.10 Å². The maximum absolute atomic E-state index is 5.68. The first kappa shape index (κ1) is 12.6. The van der Waals surface area contributed by atoms with E-state index < -0.39 is 0 Å². The Hall–Kier alpha value is -0.450. The summed E-state index contributed by atoms with van der Waals surface area (Å²) in [5, 5.41) is 1.08. The molecule has 3 nitrogen and oxygen atoms in total. The third-order valence-corrected chi connectivity index (χ3v) is 3.54. The molecule has 1 rings (SSSR count). The lowest BCUT2D eigenvalue weighted by Crippen LogP contribution is -2.02. The second-order valence-electron chi connectivity index (χ2n) is 3.33. The molecule has 86 valence electrons. The lowest BCUT2D eigenvalue weighted by Gasteiger charge is -2.11. The number of ether oxygens (including phenoxy) is 1. The number of aryl methyl sites for hydroxylation is 1. The van der Waals surface area contributed by atoms with Gasteiger partial charge in [-0.05, 0) is 19.8 Å². The molecule has 0 radical (unpaired) electrons. The van der Waals surface area contributed by atoms with Gasteiger partial charge in [0.25, 0.3) is 0 Å². The van der Waals surface area contributed by atoms with Gasteiger partial charge in [0.2, 0.25) is 0 Å². The SMILES string of the molecule is CCOC(CC)c1nc(CC)c(CN)s1.